The molecule has 88 valence electrons. The number of aromatic nitrogens is 1. The molecule has 6 heteroatoms. The van der Waals surface area contributed by atoms with Crippen molar-refractivity contribution in [1.29, 1.82) is 0 Å². The van der Waals surface area contributed by atoms with Gasteiger partial charge in [-0.25, -0.2) is 9.78 Å². The Hall–Kier alpha value is -0.720. The SMILES string of the molecule is COCC(=O)OCCSSc1ccccn1. The minimum Gasteiger partial charge on any atom is -0.463 e. The van der Waals surface area contributed by atoms with E-state index in [1.54, 1.807) is 27.8 Å². The summed E-state index contributed by atoms with van der Waals surface area (Å²) >= 11 is 0. The summed E-state index contributed by atoms with van der Waals surface area (Å²) in [5.74, 6) is 0.405. The van der Waals surface area contributed by atoms with Crippen molar-refractivity contribution in [2.24, 2.45) is 0 Å². The molecule has 0 saturated carbocycles. The Bertz CT molecular complexity index is 308. The van der Waals surface area contributed by atoms with Gasteiger partial charge in [0.05, 0.1) is 0 Å². The molecule has 0 radical (unpaired) electrons. The molecule has 16 heavy (non-hydrogen) atoms. The highest BCUT2D eigenvalue weighted by atomic mass is 33.1. The molecular weight excluding hydrogens is 246 g/mol. The van der Waals surface area contributed by atoms with Crippen molar-refractivity contribution in [2.45, 2.75) is 5.03 Å². The lowest BCUT2D eigenvalue weighted by Crippen LogP contribution is -2.12. The number of carbonyl (C=O) groups excluding carboxylic acids is 1. The summed E-state index contributed by atoms with van der Waals surface area (Å²) in [5, 5.41) is 0.954. The zero-order valence-corrected chi connectivity index (χ0v) is 10.6. The van der Waals surface area contributed by atoms with Crippen molar-refractivity contribution in [3.63, 3.8) is 0 Å². The first-order chi connectivity index (χ1) is 7.83. The van der Waals surface area contributed by atoms with E-state index in [-0.39, 0.29) is 12.6 Å². The van der Waals surface area contributed by atoms with Gasteiger partial charge in [0.2, 0.25) is 0 Å². The lowest BCUT2D eigenvalue weighted by atomic mass is 10.5. The number of nitrogens with zero attached hydrogens (tertiary/aromatic N) is 1. The molecule has 1 rings (SSSR count). The molecule has 0 aromatic carbocycles. The lowest BCUT2D eigenvalue weighted by molar-refractivity contribution is -0.147. The second-order valence-electron chi connectivity index (χ2n) is 2.73. The molecule has 0 aliphatic rings. The van der Waals surface area contributed by atoms with Crippen LogP contribution in [0.25, 0.3) is 0 Å². The zero-order valence-electron chi connectivity index (χ0n) is 8.92. The van der Waals surface area contributed by atoms with E-state index >= 15 is 0 Å². The molecule has 0 aliphatic heterocycles. The largest absolute Gasteiger partial charge is 0.463 e. The second-order valence-corrected chi connectivity index (χ2v) is 5.16. The molecule has 1 aromatic rings. The van der Waals surface area contributed by atoms with Gasteiger partial charge in [0, 0.05) is 19.1 Å². The number of rotatable bonds is 7. The highest BCUT2D eigenvalue weighted by Crippen LogP contribution is 2.28. The number of carbonyl (C=O) groups is 1. The minimum absolute atomic E-state index is 0.0120. The van der Waals surface area contributed by atoms with Crippen LogP contribution in [0.3, 0.4) is 0 Å². The van der Waals surface area contributed by atoms with Crippen molar-refractivity contribution in [2.75, 3.05) is 26.1 Å². The van der Waals surface area contributed by atoms with Crippen molar-refractivity contribution in [3.8, 4) is 0 Å². The lowest BCUT2D eigenvalue weighted by Gasteiger charge is -2.03. The molecule has 4 nitrogen and oxygen atoms in total. The van der Waals surface area contributed by atoms with Gasteiger partial charge >= 0.3 is 5.97 Å². The normalized spacial score (nSPS) is 10.1. The molecule has 0 spiro atoms. The number of hydrogen-bond donors (Lipinski definition) is 0. The van der Waals surface area contributed by atoms with Crippen LogP contribution in [0.5, 0.6) is 0 Å². The third-order valence-electron chi connectivity index (χ3n) is 1.47. The molecule has 0 aliphatic carbocycles. The van der Waals surface area contributed by atoms with Gasteiger partial charge < -0.3 is 9.47 Å². The van der Waals surface area contributed by atoms with Crippen molar-refractivity contribution in [1.82, 2.24) is 4.98 Å². The fraction of sp³-hybridized carbons (Fsp3) is 0.400. The van der Waals surface area contributed by atoms with Crippen LogP contribution in [-0.4, -0.2) is 37.0 Å². The smallest absolute Gasteiger partial charge is 0.332 e. The zero-order chi connectivity index (χ0) is 11.6. The van der Waals surface area contributed by atoms with Crippen LogP contribution in [0.1, 0.15) is 0 Å². The average molecular weight is 259 g/mol. The van der Waals surface area contributed by atoms with Crippen LogP contribution >= 0.6 is 21.6 Å². The standard InChI is InChI=1S/C10H13NO3S2/c1-13-8-10(12)14-6-7-15-16-9-4-2-3-5-11-9/h2-5H,6-8H2,1H3. The third kappa shape index (κ3) is 5.99. The van der Waals surface area contributed by atoms with E-state index in [0.717, 1.165) is 10.8 Å². The van der Waals surface area contributed by atoms with Gasteiger partial charge in [-0.1, -0.05) is 16.9 Å². The molecule has 0 bridgehead atoms. The number of hydrogen-bond acceptors (Lipinski definition) is 6. The van der Waals surface area contributed by atoms with Crippen molar-refractivity contribution >= 4 is 27.6 Å². The summed E-state index contributed by atoms with van der Waals surface area (Å²) < 4.78 is 9.54. The van der Waals surface area contributed by atoms with E-state index in [2.05, 4.69) is 9.72 Å². The Morgan fingerprint density at radius 2 is 2.38 bits per heavy atom. The van der Waals surface area contributed by atoms with Crippen molar-refractivity contribution in [3.05, 3.63) is 24.4 Å². The first-order valence-corrected chi connectivity index (χ1v) is 7.00. The average Bonchev–Trinajstić information content (AvgIpc) is 2.30. The first-order valence-electron chi connectivity index (χ1n) is 4.68. The number of esters is 1. The highest BCUT2D eigenvalue weighted by molar-refractivity contribution is 8.76. The molecule has 0 atom stereocenters. The van der Waals surface area contributed by atoms with E-state index in [9.17, 15) is 4.79 Å². The molecule has 0 N–H and O–H groups in total. The topological polar surface area (TPSA) is 48.4 Å². The maximum atomic E-state index is 10.9. The monoisotopic (exact) mass is 259 g/mol. The Labute approximate surface area is 103 Å². The quantitative estimate of drug-likeness (QED) is 0.424. The van der Waals surface area contributed by atoms with Gasteiger partial charge in [-0.05, 0) is 22.9 Å². The van der Waals surface area contributed by atoms with Crippen LogP contribution in [-0.2, 0) is 14.3 Å². The summed E-state index contributed by atoms with van der Waals surface area (Å²) in [6, 6.07) is 5.75. The Balaban J connectivity index is 2.02. The molecular formula is C10H13NO3S2. The van der Waals surface area contributed by atoms with E-state index in [4.69, 9.17) is 4.74 Å². The first kappa shape index (κ1) is 13.3. The van der Waals surface area contributed by atoms with E-state index in [0.29, 0.717) is 6.61 Å². The van der Waals surface area contributed by atoms with Crippen molar-refractivity contribution < 1.29 is 14.3 Å². The number of methoxy groups -OCH3 is 1. The van der Waals surface area contributed by atoms with Gasteiger partial charge in [0.15, 0.2) is 0 Å². The Morgan fingerprint density at radius 3 is 3.06 bits per heavy atom. The summed E-state index contributed by atoms with van der Waals surface area (Å²) in [4.78, 5) is 15.1. The number of pyridine rings is 1. The van der Waals surface area contributed by atoms with Gasteiger partial charge in [-0.3, -0.25) is 0 Å². The van der Waals surface area contributed by atoms with Crippen LogP contribution in [0.4, 0.5) is 0 Å². The molecule has 1 heterocycles. The summed E-state index contributed by atoms with van der Waals surface area (Å²) in [7, 11) is 4.64. The molecule has 1 aromatic heterocycles. The van der Waals surface area contributed by atoms with Crippen LogP contribution < -0.4 is 0 Å². The van der Waals surface area contributed by atoms with Gasteiger partial charge in [-0.15, -0.1) is 0 Å². The Kier molecular flexibility index (Phi) is 7.03. The fourth-order valence-electron chi connectivity index (χ4n) is 0.847. The summed E-state index contributed by atoms with van der Waals surface area (Å²) in [6.45, 7) is 0.407. The summed E-state index contributed by atoms with van der Waals surface area (Å²) in [6.07, 6.45) is 1.75. The molecule has 0 unspecified atom stereocenters. The third-order valence-corrected chi connectivity index (χ3v) is 3.70. The van der Waals surface area contributed by atoms with Gasteiger partial charge in [0.25, 0.3) is 0 Å². The Morgan fingerprint density at radius 1 is 1.50 bits per heavy atom. The molecule has 0 saturated heterocycles. The maximum Gasteiger partial charge on any atom is 0.332 e. The van der Waals surface area contributed by atoms with Crippen LogP contribution in [0, 0.1) is 0 Å². The minimum atomic E-state index is -0.328. The highest BCUT2D eigenvalue weighted by Gasteiger charge is 2.01. The van der Waals surface area contributed by atoms with Gasteiger partial charge in [0.1, 0.15) is 18.2 Å². The molecule has 0 fully saturated rings. The fourth-order valence-corrected chi connectivity index (χ4v) is 2.55. The van der Waals surface area contributed by atoms with Gasteiger partial charge in [-0.2, -0.15) is 0 Å². The number of ether oxygens (including phenoxy) is 2. The van der Waals surface area contributed by atoms with Crippen LogP contribution in [0.2, 0.25) is 0 Å². The summed E-state index contributed by atoms with van der Waals surface area (Å²) in [5.41, 5.74) is 0. The maximum absolute atomic E-state index is 10.9. The molecule has 0 amide bonds. The van der Waals surface area contributed by atoms with E-state index in [1.165, 1.54) is 7.11 Å². The predicted octanol–water partition coefficient (Wildman–Crippen LogP) is 2.01. The van der Waals surface area contributed by atoms with E-state index < -0.39 is 0 Å². The van der Waals surface area contributed by atoms with E-state index in [1.807, 2.05) is 18.2 Å². The predicted molar refractivity (Wildman–Crippen MR) is 65.4 cm³/mol. The second kappa shape index (κ2) is 8.43. The van der Waals surface area contributed by atoms with Crippen LogP contribution in [0.15, 0.2) is 29.4 Å².